The quantitative estimate of drug-likeness (QED) is 0.496. The van der Waals surface area contributed by atoms with E-state index in [-0.39, 0.29) is 24.0 Å². The van der Waals surface area contributed by atoms with Crippen molar-refractivity contribution in [2.45, 2.75) is 20.4 Å². The van der Waals surface area contributed by atoms with Crippen molar-refractivity contribution in [3.63, 3.8) is 0 Å². The fourth-order valence-corrected chi connectivity index (χ4v) is 1.68. The summed E-state index contributed by atoms with van der Waals surface area (Å²) in [6.07, 6.45) is 0. The van der Waals surface area contributed by atoms with E-state index in [1.807, 2.05) is 37.6 Å². The lowest BCUT2D eigenvalue weighted by molar-refractivity contribution is 0.582. The molecule has 0 amide bonds. The minimum absolute atomic E-state index is 0. The zero-order chi connectivity index (χ0) is 12.3. The molecule has 1 rings (SSSR count). The van der Waals surface area contributed by atoms with E-state index in [1.54, 1.807) is 7.05 Å². The first-order chi connectivity index (χ1) is 7.47. The molecular formula is C11H22IN5. The van der Waals surface area contributed by atoms with Crippen LogP contribution >= 0.6 is 24.0 Å². The number of halogens is 1. The minimum Gasteiger partial charge on any atom is -0.352 e. The average Bonchev–Trinajstić information content (AvgIpc) is 2.44. The molecule has 1 heterocycles. The third-order valence-electron chi connectivity index (χ3n) is 2.72. The summed E-state index contributed by atoms with van der Waals surface area (Å²) in [6.45, 7) is 4.87. The number of guanidine groups is 1. The van der Waals surface area contributed by atoms with Crippen molar-refractivity contribution in [3.8, 4) is 0 Å². The highest BCUT2D eigenvalue weighted by Gasteiger charge is 2.09. The smallest absolute Gasteiger partial charge is 0.193 e. The van der Waals surface area contributed by atoms with Gasteiger partial charge in [-0.15, -0.1) is 24.0 Å². The summed E-state index contributed by atoms with van der Waals surface area (Å²) in [4.78, 5) is 6.13. The molecule has 0 bridgehead atoms. The van der Waals surface area contributed by atoms with E-state index >= 15 is 0 Å². The lowest BCUT2D eigenvalue weighted by Gasteiger charge is -2.16. The highest BCUT2D eigenvalue weighted by atomic mass is 127. The van der Waals surface area contributed by atoms with Crippen molar-refractivity contribution >= 4 is 29.9 Å². The van der Waals surface area contributed by atoms with E-state index in [1.165, 1.54) is 11.3 Å². The van der Waals surface area contributed by atoms with Crippen molar-refractivity contribution in [1.29, 1.82) is 0 Å². The van der Waals surface area contributed by atoms with E-state index in [0.29, 0.717) is 0 Å². The summed E-state index contributed by atoms with van der Waals surface area (Å²) in [5.74, 6) is 0.877. The lowest BCUT2D eigenvalue weighted by Crippen LogP contribution is -2.35. The normalized spacial score (nSPS) is 11.1. The number of aromatic nitrogens is 2. The first-order valence-corrected chi connectivity index (χ1v) is 5.34. The summed E-state index contributed by atoms with van der Waals surface area (Å²) in [5, 5.41) is 7.69. The number of rotatable bonds is 2. The Morgan fingerprint density at radius 1 is 1.41 bits per heavy atom. The second-order valence-corrected chi connectivity index (χ2v) is 4.07. The Hall–Kier alpha value is -0.790. The average molecular weight is 351 g/mol. The molecule has 98 valence electrons. The molecule has 0 aromatic carbocycles. The largest absolute Gasteiger partial charge is 0.352 e. The predicted octanol–water partition coefficient (Wildman–Crippen LogP) is 1.29. The zero-order valence-electron chi connectivity index (χ0n) is 11.4. The van der Waals surface area contributed by atoms with Gasteiger partial charge in [-0.05, 0) is 13.8 Å². The molecule has 6 heteroatoms. The van der Waals surface area contributed by atoms with Crippen LogP contribution in [0.1, 0.15) is 17.0 Å². The molecule has 0 unspecified atom stereocenters. The number of nitrogens with one attached hydrogen (secondary N) is 1. The summed E-state index contributed by atoms with van der Waals surface area (Å²) in [5.41, 5.74) is 3.51. The lowest BCUT2D eigenvalue weighted by atomic mass is 10.2. The van der Waals surface area contributed by atoms with Gasteiger partial charge in [0.25, 0.3) is 0 Å². The number of nitrogens with zero attached hydrogens (tertiary/aromatic N) is 4. The van der Waals surface area contributed by atoms with Crippen LogP contribution in [0.4, 0.5) is 0 Å². The first kappa shape index (κ1) is 16.2. The monoisotopic (exact) mass is 351 g/mol. The predicted molar refractivity (Wildman–Crippen MR) is 82.0 cm³/mol. The summed E-state index contributed by atoms with van der Waals surface area (Å²) >= 11 is 0. The Morgan fingerprint density at radius 2 is 2.00 bits per heavy atom. The van der Waals surface area contributed by atoms with Crippen molar-refractivity contribution in [2.75, 3.05) is 21.1 Å². The summed E-state index contributed by atoms with van der Waals surface area (Å²) < 4.78 is 1.91. The Morgan fingerprint density at radius 3 is 2.35 bits per heavy atom. The number of aliphatic imine (C=N–C) groups is 1. The molecule has 0 fully saturated rings. The van der Waals surface area contributed by atoms with Crippen LogP contribution in [0, 0.1) is 13.8 Å². The Balaban J connectivity index is 0.00000256. The molecule has 0 aliphatic heterocycles. The number of hydrogen-bond donors (Lipinski definition) is 1. The molecule has 0 saturated carbocycles. The topological polar surface area (TPSA) is 45.5 Å². The zero-order valence-corrected chi connectivity index (χ0v) is 13.7. The number of hydrogen-bond acceptors (Lipinski definition) is 2. The van der Waals surface area contributed by atoms with Crippen molar-refractivity contribution in [3.05, 3.63) is 17.0 Å². The van der Waals surface area contributed by atoms with Gasteiger partial charge in [0, 0.05) is 46.0 Å². The second kappa shape index (κ2) is 6.83. The highest BCUT2D eigenvalue weighted by molar-refractivity contribution is 14.0. The Labute approximate surface area is 120 Å². The van der Waals surface area contributed by atoms with Gasteiger partial charge in [0.15, 0.2) is 5.96 Å². The van der Waals surface area contributed by atoms with Crippen molar-refractivity contribution in [2.24, 2.45) is 12.0 Å². The molecule has 0 atom stereocenters. The van der Waals surface area contributed by atoms with E-state index in [0.717, 1.165) is 18.2 Å². The van der Waals surface area contributed by atoms with E-state index in [2.05, 4.69) is 22.3 Å². The number of aryl methyl sites for hydroxylation is 2. The maximum Gasteiger partial charge on any atom is 0.193 e. The van der Waals surface area contributed by atoms with Crippen molar-refractivity contribution < 1.29 is 0 Å². The van der Waals surface area contributed by atoms with E-state index in [4.69, 9.17) is 0 Å². The molecule has 1 aromatic rings. The Bertz CT molecular complexity index is 395. The van der Waals surface area contributed by atoms with Gasteiger partial charge in [-0.2, -0.15) is 5.10 Å². The molecule has 0 spiro atoms. The van der Waals surface area contributed by atoms with E-state index in [9.17, 15) is 0 Å². The third kappa shape index (κ3) is 3.86. The van der Waals surface area contributed by atoms with Gasteiger partial charge >= 0.3 is 0 Å². The molecule has 1 N–H and O–H groups in total. The van der Waals surface area contributed by atoms with Crippen LogP contribution < -0.4 is 5.32 Å². The molecule has 0 saturated heterocycles. The van der Waals surface area contributed by atoms with Crippen LogP contribution in [0.5, 0.6) is 0 Å². The van der Waals surface area contributed by atoms with Gasteiger partial charge in [0.1, 0.15) is 0 Å². The van der Waals surface area contributed by atoms with Gasteiger partial charge in [-0.1, -0.05) is 0 Å². The first-order valence-electron chi connectivity index (χ1n) is 5.34. The second-order valence-electron chi connectivity index (χ2n) is 4.07. The minimum atomic E-state index is 0. The van der Waals surface area contributed by atoms with Crippen LogP contribution in [0.15, 0.2) is 4.99 Å². The van der Waals surface area contributed by atoms with E-state index < -0.39 is 0 Å². The van der Waals surface area contributed by atoms with Gasteiger partial charge in [-0.3, -0.25) is 9.67 Å². The van der Waals surface area contributed by atoms with Crippen molar-refractivity contribution in [1.82, 2.24) is 20.0 Å². The fraction of sp³-hybridized carbons (Fsp3) is 0.636. The molecule has 17 heavy (non-hydrogen) atoms. The van der Waals surface area contributed by atoms with Crippen LogP contribution in [0.2, 0.25) is 0 Å². The van der Waals surface area contributed by atoms with Crippen LogP contribution in [-0.4, -0.2) is 41.8 Å². The highest BCUT2D eigenvalue weighted by Crippen LogP contribution is 2.11. The van der Waals surface area contributed by atoms with Crippen LogP contribution in [-0.2, 0) is 13.6 Å². The third-order valence-corrected chi connectivity index (χ3v) is 2.72. The standard InChI is InChI=1S/C11H21N5.HI/c1-8-10(9(2)16(6)14-8)7-13-11(12-3)15(4)5;/h7H2,1-6H3,(H,12,13);1H. The fourth-order valence-electron chi connectivity index (χ4n) is 1.68. The van der Waals surface area contributed by atoms with Crippen LogP contribution in [0.25, 0.3) is 0 Å². The molecule has 1 aromatic heterocycles. The molecular weight excluding hydrogens is 329 g/mol. The molecule has 0 aliphatic carbocycles. The van der Waals surface area contributed by atoms with Gasteiger partial charge in [-0.25, -0.2) is 0 Å². The maximum atomic E-state index is 4.38. The van der Waals surface area contributed by atoms with Gasteiger partial charge in [0.2, 0.25) is 0 Å². The Kier molecular flexibility index (Phi) is 6.51. The molecule has 0 radical (unpaired) electrons. The molecule has 0 aliphatic rings. The van der Waals surface area contributed by atoms with Gasteiger partial charge in [0.05, 0.1) is 5.69 Å². The van der Waals surface area contributed by atoms with Crippen LogP contribution in [0.3, 0.4) is 0 Å². The maximum absolute atomic E-state index is 4.38. The summed E-state index contributed by atoms with van der Waals surface area (Å²) in [7, 11) is 7.69. The SMILES string of the molecule is CN=C(NCc1c(C)nn(C)c1C)N(C)C.I. The van der Waals surface area contributed by atoms with Gasteiger partial charge < -0.3 is 10.2 Å². The summed E-state index contributed by atoms with van der Waals surface area (Å²) in [6, 6.07) is 0. The molecule has 5 nitrogen and oxygen atoms in total.